The third-order valence-electron chi connectivity index (χ3n) is 5.44. The van der Waals surface area contributed by atoms with Crippen molar-refractivity contribution in [3.8, 4) is 0 Å². The van der Waals surface area contributed by atoms with Gasteiger partial charge in [-0.1, -0.05) is 60.7 Å². The Morgan fingerprint density at radius 3 is 2.26 bits per heavy atom. The number of esters is 2. The van der Waals surface area contributed by atoms with Gasteiger partial charge in [-0.15, -0.1) is 11.3 Å². The van der Waals surface area contributed by atoms with Crippen LogP contribution in [-0.2, 0) is 19.1 Å². The maximum absolute atomic E-state index is 13.5. The van der Waals surface area contributed by atoms with Gasteiger partial charge < -0.3 is 15.2 Å². The van der Waals surface area contributed by atoms with Gasteiger partial charge in [0.15, 0.2) is 0 Å². The van der Waals surface area contributed by atoms with Gasteiger partial charge >= 0.3 is 11.9 Å². The van der Waals surface area contributed by atoms with Crippen molar-refractivity contribution in [2.24, 2.45) is 5.73 Å². The lowest BCUT2D eigenvalue weighted by molar-refractivity contribution is -0.140. The molecule has 0 saturated carbocycles. The van der Waals surface area contributed by atoms with Gasteiger partial charge in [-0.05, 0) is 38.0 Å². The molecular weight excluding hydrogens is 464 g/mol. The number of hydrogen-bond donors (Lipinski definition) is 1. The molecule has 180 valence electrons. The van der Waals surface area contributed by atoms with Gasteiger partial charge in [0, 0.05) is 0 Å². The van der Waals surface area contributed by atoms with E-state index in [0.29, 0.717) is 14.8 Å². The first-order chi connectivity index (χ1) is 16.8. The molecular formula is C27H26N2O5S. The third kappa shape index (κ3) is 4.70. The highest BCUT2D eigenvalue weighted by Gasteiger charge is 2.40. The first kappa shape index (κ1) is 24.2. The number of ether oxygens (including phenoxy) is 2. The smallest absolute Gasteiger partial charge is 0.338 e. The summed E-state index contributed by atoms with van der Waals surface area (Å²) in [7, 11) is 0. The van der Waals surface area contributed by atoms with Crippen LogP contribution in [-0.4, -0.2) is 29.2 Å². The number of hydrogen-bond acceptors (Lipinski definition) is 7. The molecule has 0 fully saturated rings. The Labute approximate surface area is 206 Å². The average molecular weight is 491 g/mol. The van der Waals surface area contributed by atoms with Crippen LogP contribution >= 0.6 is 11.3 Å². The second-order valence-corrected chi connectivity index (χ2v) is 9.23. The Hall–Kier alpha value is -3.91. The molecule has 2 N–H and O–H groups in total. The highest BCUT2D eigenvalue weighted by Crippen LogP contribution is 2.37. The quantitative estimate of drug-likeness (QED) is 0.533. The highest BCUT2D eigenvalue weighted by molar-refractivity contribution is 7.07. The van der Waals surface area contributed by atoms with E-state index < -0.39 is 29.5 Å². The molecule has 0 amide bonds. The minimum absolute atomic E-state index is 0.0346. The van der Waals surface area contributed by atoms with Crippen LogP contribution in [0.1, 0.15) is 37.8 Å². The fourth-order valence-corrected chi connectivity index (χ4v) is 5.18. The van der Waals surface area contributed by atoms with Crippen LogP contribution in [0.25, 0.3) is 17.5 Å². The van der Waals surface area contributed by atoms with Crippen LogP contribution in [0.4, 0.5) is 0 Å². The summed E-state index contributed by atoms with van der Waals surface area (Å²) in [6.07, 6.45) is 1.33. The molecule has 4 rings (SSSR count). The number of carbonyl (C=O) groups excluding carboxylic acids is 2. The molecule has 2 heterocycles. The summed E-state index contributed by atoms with van der Waals surface area (Å²) in [5, 5.41) is 0. The van der Waals surface area contributed by atoms with Gasteiger partial charge in [-0.25, -0.2) is 9.59 Å². The van der Waals surface area contributed by atoms with E-state index >= 15 is 0 Å². The normalized spacial score (nSPS) is 15.8. The molecule has 8 heteroatoms. The Morgan fingerprint density at radius 1 is 1.03 bits per heavy atom. The first-order valence-electron chi connectivity index (χ1n) is 11.3. The van der Waals surface area contributed by atoms with Crippen LogP contribution in [0.5, 0.6) is 0 Å². The van der Waals surface area contributed by atoms with Crippen molar-refractivity contribution < 1.29 is 19.1 Å². The number of benzene rings is 2. The Kier molecular flexibility index (Phi) is 7.02. The fraction of sp³-hybridized carbons (Fsp3) is 0.222. The molecule has 1 aliphatic rings. The monoisotopic (exact) mass is 490 g/mol. The lowest BCUT2D eigenvalue weighted by Gasteiger charge is -2.27. The number of carbonyl (C=O) groups is 2. The lowest BCUT2D eigenvalue weighted by atomic mass is 9.83. The summed E-state index contributed by atoms with van der Waals surface area (Å²) >= 11 is 1.14. The fourth-order valence-electron chi connectivity index (χ4n) is 4.01. The summed E-state index contributed by atoms with van der Waals surface area (Å²) in [6.45, 7) is 5.28. The summed E-state index contributed by atoms with van der Waals surface area (Å²) < 4.78 is 12.8. The van der Waals surface area contributed by atoms with Crippen LogP contribution in [0.15, 0.2) is 71.0 Å². The Bertz CT molecular complexity index is 1470. The topological polar surface area (TPSA) is 101 Å². The van der Waals surface area contributed by atoms with Crippen molar-refractivity contribution in [3.05, 3.63) is 96.9 Å². The molecule has 1 aromatic heterocycles. The van der Waals surface area contributed by atoms with Crippen LogP contribution in [0.3, 0.4) is 0 Å². The van der Waals surface area contributed by atoms with Gasteiger partial charge in [0.25, 0.3) is 5.56 Å². The van der Waals surface area contributed by atoms with Crippen LogP contribution in [0.2, 0.25) is 0 Å². The molecule has 7 nitrogen and oxygen atoms in total. The zero-order valence-corrected chi connectivity index (χ0v) is 20.5. The molecule has 2 aromatic carbocycles. The predicted octanol–water partition coefficient (Wildman–Crippen LogP) is 2.33. The summed E-state index contributed by atoms with van der Waals surface area (Å²) in [6, 6.07) is 18.4. The van der Waals surface area contributed by atoms with E-state index in [1.807, 2.05) is 48.5 Å². The molecule has 0 spiro atoms. The molecule has 0 saturated heterocycles. The second kappa shape index (κ2) is 10.1. The first-order valence-corrected chi connectivity index (χ1v) is 12.1. The van der Waals surface area contributed by atoms with E-state index in [9.17, 15) is 14.4 Å². The van der Waals surface area contributed by atoms with Crippen LogP contribution in [0, 0.1) is 0 Å². The Morgan fingerprint density at radius 2 is 1.66 bits per heavy atom. The highest BCUT2D eigenvalue weighted by atomic mass is 32.1. The second-order valence-electron chi connectivity index (χ2n) is 8.20. The van der Waals surface area contributed by atoms with Crippen molar-refractivity contribution >= 4 is 40.7 Å². The van der Waals surface area contributed by atoms with Gasteiger partial charge in [-0.3, -0.25) is 9.36 Å². The molecule has 0 bridgehead atoms. The van der Waals surface area contributed by atoms with Gasteiger partial charge in [0.05, 0.1) is 34.3 Å². The molecule has 1 atom stereocenters. The van der Waals surface area contributed by atoms with E-state index in [0.717, 1.165) is 16.9 Å². The van der Waals surface area contributed by atoms with E-state index in [4.69, 9.17) is 15.2 Å². The molecule has 0 unspecified atom stereocenters. The molecule has 35 heavy (non-hydrogen) atoms. The van der Waals surface area contributed by atoms with Gasteiger partial charge in [0.1, 0.15) is 10.5 Å². The van der Waals surface area contributed by atoms with E-state index in [1.54, 1.807) is 39.0 Å². The third-order valence-corrected chi connectivity index (χ3v) is 6.54. The van der Waals surface area contributed by atoms with Crippen LogP contribution < -0.4 is 20.5 Å². The number of rotatable bonds is 6. The number of nitrogens with two attached hydrogens (primary N) is 1. The lowest BCUT2D eigenvalue weighted by Crippen LogP contribution is -2.42. The van der Waals surface area contributed by atoms with E-state index in [1.165, 1.54) is 4.57 Å². The summed E-state index contributed by atoms with van der Waals surface area (Å²) in [5.74, 6) is -2.22. The maximum Gasteiger partial charge on any atom is 0.338 e. The minimum Gasteiger partial charge on any atom is -0.463 e. The molecule has 0 aliphatic carbocycles. The molecule has 0 radical (unpaired) electrons. The number of thiazole rings is 1. The summed E-state index contributed by atoms with van der Waals surface area (Å²) in [4.78, 5) is 40.1. The van der Waals surface area contributed by atoms with Crippen molar-refractivity contribution in [2.75, 3.05) is 6.61 Å². The zero-order chi connectivity index (χ0) is 25.1. The maximum atomic E-state index is 13.5. The average Bonchev–Trinajstić information content (AvgIpc) is 3.15. The van der Waals surface area contributed by atoms with E-state index in [-0.39, 0.29) is 23.6 Å². The molecule has 1 aliphatic heterocycles. The summed E-state index contributed by atoms with van der Waals surface area (Å²) in [5.41, 5.74) is 7.76. The number of aromatic nitrogens is 1. The van der Waals surface area contributed by atoms with Crippen molar-refractivity contribution in [3.63, 3.8) is 0 Å². The zero-order valence-electron chi connectivity index (χ0n) is 19.7. The number of fused-ring (bicyclic) bond motifs is 1. The predicted molar refractivity (Wildman–Crippen MR) is 136 cm³/mol. The Balaban J connectivity index is 2.11. The van der Waals surface area contributed by atoms with Crippen molar-refractivity contribution in [1.29, 1.82) is 0 Å². The van der Waals surface area contributed by atoms with Gasteiger partial charge in [-0.2, -0.15) is 0 Å². The van der Waals surface area contributed by atoms with Crippen molar-refractivity contribution in [1.82, 2.24) is 4.57 Å². The minimum atomic E-state index is -0.857. The SMILES string of the molecule is CCOC(=O)C1=C(N)n2c(s/c(=C\c3ccccc3)c2=O)=C(C(=O)OC(C)C)[C@@H]1c1ccccc1. The van der Waals surface area contributed by atoms with Crippen molar-refractivity contribution in [2.45, 2.75) is 32.8 Å². The van der Waals surface area contributed by atoms with E-state index in [2.05, 4.69) is 0 Å². The van der Waals surface area contributed by atoms with Gasteiger partial charge in [0.2, 0.25) is 0 Å². The molecule has 3 aromatic rings. The number of nitrogens with zero attached hydrogens (tertiary/aromatic N) is 1. The largest absolute Gasteiger partial charge is 0.463 e. The standard InChI is InChI=1S/C27H26N2O5S/c1-4-33-26(31)21-20(18-13-9-6-10-14-18)22(27(32)34-16(2)3)25-29(23(21)28)24(30)19(35-25)15-17-11-7-5-8-12-17/h5-16,20H,4,28H2,1-3H3/b19-15-/t20-/m1/s1.